The van der Waals surface area contributed by atoms with Gasteiger partial charge in [0, 0.05) is 33.2 Å². The van der Waals surface area contributed by atoms with Crippen LogP contribution in [0.15, 0.2) is 34.8 Å². The monoisotopic (exact) mass is 369 g/mol. The van der Waals surface area contributed by atoms with Crippen LogP contribution in [0.25, 0.3) is 0 Å². The van der Waals surface area contributed by atoms with Crippen molar-refractivity contribution in [2.24, 2.45) is 5.73 Å². The van der Waals surface area contributed by atoms with Gasteiger partial charge >= 0.3 is 0 Å². The molecule has 0 fully saturated rings. The van der Waals surface area contributed by atoms with Crippen LogP contribution in [-0.4, -0.2) is 6.79 Å². The molecule has 2 N–H and O–H groups in total. The van der Waals surface area contributed by atoms with E-state index in [1.807, 2.05) is 24.3 Å². The lowest BCUT2D eigenvalue weighted by Crippen LogP contribution is -2.03. The molecule has 4 nitrogen and oxygen atoms in total. The van der Waals surface area contributed by atoms with Crippen LogP contribution in [0.1, 0.15) is 11.1 Å². The first-order valence-electron chi connectivity index (χ1n) is 6.36. The number of ether oxygens (including phenoxy) is 3. The number of nitrogens with two attached hydrogens (primary N) is 1. The van der Waals surface area contributed by atoms with Crippen molar-refractivity contribution in [2.75, 3.05) is 6.79 Å². The van der Waals surface area contributed by atoms with Gasteiger partial charge < -0.3 is 19.9 Å². The van der Waals surface area contributed by atoms with E-state index in [-0.39, 0.29) is 6.79 Å². The molecule has 0 unspecified atom stereocenters. The average molecular weight is 371 g/mol. The molecule has 1 aliphatic heterocycles. The second-order valence-electron chi connectivity index (χ2n) is 4.54. The van der Waals surface area contributed by atoms with Crippen molar-refractivity contribution in [3.05, 3.63) is 51.0 Å². The summed E-state index contributed by atoms with van der Waals surface area (Å²) < 4.78 is 17.5. The Balaban J connectivity index is 1.81. The quantitative estimate of drug-likeness (QED) is 0.887. The maximum Gasteiger partial charge on any atom is 0.231 e. The molecule has 1 heterocycles. The zero-order chi connectivity index (χ0) is 14.8. The average Bonchev–Trinajstić information content (AvgIpc) is 2.92. The Morgan fingerprint density at radius 1 is 1.14 bits per heavy atom. The third-order valence-electron chi connectivity index (χ3n) is 3.17. The standard InChI is InChI=1S/C15H13BrClNO3/c16-11-2-1-9(12(17)4-11)7-19-13-5-15-14(20-8-21-15)3-10(13)6-18/h1-5H,6-8,18H2. The Hall–Kier alpha value is -1.43. The first kappa shape index (κ1) is 14.5. The van der Waals surface area contributed by atoms with E-state index in [1.165, 1.54) is 0 Å². The van der Waals surface area contributed by atoms with E-state index in [0.29, 0.717) is 35.4 Å². The number of fused-ring (bicyclic) bond motifs is 1. The molecule has 1 aliphatic rings. The van der Waals surface area contributed by atoms with Crippen molar-refractivity contribution in [3.8, 4) is 17.2 Å². The van der Waals surface area contributed by atoms with Crippen molar-refractivity contribution < 1.29 is 14.2 Å². The van der Waals surface area contributed by atoms with Crippen LogP contribution in [0.4, 0.5) is 0 Å². The Bertz CT molecular complexity index is 678. The lowest BCUT2D eigenvalue weighted by Gasteiger charge is -2.12. The third kappa shape index (κ3) is 3.10. The first-order chi connectivity index (χ1) is 10.2. The Morgan fingerprint density at radius 3 is 2.62 bits per heavy atom. The van der Waals surface area contributed by atoms with Gasteiger partial charge in [-0.05, 0) is 18.2 Å². The molecule has 2 aromatic rings. The number of rotatable bonds is 4. The number of halogens is 2. The molecule has 0 amide bonds. The highest BCUT2D eigenvalue weighted by Crippen LogP contribution is 2.38. The van der Waals surface area contributed by atoms with Crippen molar-refractivity contribution >= 4 is 27.5 Å². The van der Waals surface area contributed by atoms with E-state index in [9.17, 15) is 0 Å². The summed E-state index contributed by atoms with van der Waals surface area (Å²) >= 11 is 9.56. The Labute approximate surface area is 135 Å². The molecule has 6 heteroatoms. The normalized spacial score (nSPS) is 12.5. The van der Waals surface area contributed by atoms with Crippen LogP contribution in [0, 0.1) is 0 Å². The van der Waals surface area contributed by atoms with Gasteiger partial charge in [0.1, 0.15) is 12.4 Å². The maximum atomic E-state index is 6.18. The predicted octanol–water partition coefficient (Wildman–Crippen LogP) is 3.87. The molecular formula is C15H13BrClNO3. The number of hydrogen-bond acceptors (Lipinski definition) is 4. The molecule has 3 rings (SSSR count). The molecule has 110 valence electrons. The van der Waals surface area contributed by atoms with Gasteiger partial charge in [-0.25, -0.2) is 0 Å². The van der Waals surface area contributed by atoms with E-state index in [0.717, 1.165) is 15.6 Å². The molecule has 0 radical (unpaired) electrons. The molecule has 21 heavy (non-hydrogen) atoms. The molecule has 0 aliphatic carbocycles. The van der Waals surface area contributed by atoms with Gasteiger partial charge in [0.15, 0.2) is 11.5 Å². The highest BCUT2D eigenvalue weighted by atomic mass is 79.9. The summed E-state index contributed by atoms with van der Waals surface area (Å²) in [4.78, 5) is 0. The van der Waals surface area contributed by atoms with Crippen molar-refractivity contribution in [1.29, 1.82) is 0 Å². The van der Waals surface area contributed by atoms with Gasteiger partial charge in [0.25, 0.3) is 0 Å². The van der Waals surface area contributed by atoms with E-state index in [4.69, 9.17) is 31.5 Å². The largest absolute Gasteiger partial charge is 0.488 e. The summed E-state index contributed by atoms with van der Waals surface area (Å²) in [6, 6.07) is 9.33. The van der Waals surface area contributed by atoms with Gasteiger partial charge in [-0.2, -0.15) is 0 Å². The summed E-state index contributed by atoms with van der Waals surface area (Å²) in [5.41, 5.74) is 7.53. The van der Waals surface area contributed by atoms with Gasteiger partial charge in [-0.3, -0.25) is 0 Å². The lowest BCUT2D eigenvalue weighted by atomic mass is 10.1. The number of hydrogen-bond donors (Lipinski definition) is 1. The van der Waals surface area contributed by atoms with Crippen LogP contribution in [0.5, 0.6) is 17.2 Å². The molecule has 0 atom stereocenters. The summed E-state index contributed by atoms with van der Waals surface area (Å²) in [7, 11) is 0. The fourth-order valence-electron chi connectivity index (χ4n) is 2.05. The SMILES string of the molecule is NCc1cc2c(cc1OCc1ccc(Br)cc1Cl)OCO2. The van der Waals surface area contributed by atoms with Gasteiger partial charge in [-0.15, -0.1) is 0 Å². The maximum absolute atomic E-state index is 6.18. The third-order valence-corrected chi connectivity index (χ3v) is 4.02. The van der Waals surface area contributed by atoms with E-state index < -0.39 is 0 Å². The smallest absolute Gasteiger partial charge is 0.231 e. The molecule has 0 bridgehead atoms. The van der Waals surface area contributed by atoms with Crippen LogP contribution in [0.2, 0.25) is 5.02 Å². The minimum absolute atomic E-state index is 0.224. The van der Waals surface area contributed by atoms with Crippen LogP contribution >= 0.6 is 27.5 Å². The van der Waals surface area contributed by atoms with Crippen molar-refractivity contribution in [2.45, 2.75) is 13.2 Å². The molecular weight excluding hydrogens is 358 g/mol. The minimum atomic E-state index is 0.224. The zero-order valence-electron chi connectivity index (χ0n) is 11.1. The highest BCUT2D eigenvalue weighted by Gasteiger charge is 2.17. The van der Waals surface area contributed by atoms with E-state index in [2.05, 4.69) is 15.9 Å². The van der Waals surface area contributed by atoms with Gasteiger partial charge in [0.05, 0.1) is 0 Å². The lowest BCUT2D eigenvalue weighted by molar-refractivity contribution is 0.173. The summed E-state index contributed by atoms with van der Waals surface area (Å²) in [5.74, 6) is 2.05. The minimum Gasteiger partial charge on any atom is -0.488 e. The number of benzene rings is 2. The zero-order valence-corrected chi connectivity index (χ0v) is 13.4. The summed E-state index contributed by atoms with van der Waals surface area (Å²) in [6.45, 7) is 0.945. The molecule has 2 aromatic carbocycles. The van der Waals surface area contributed by atoms with E-state index in [1.54, 1.807) is 6.07 Å². The fraction of sp³-hybridized carbons (Fsp3) is 0.200. The highest BCUT2D eigenvalue weighted by molar-refractivity contribution is 9.10. The summed E-state index contributed by atoms with van der Waals surface area (Å²) in [5, 5.41) is 0.652. The van der Waals surface area contributed by atoms with Crippen molar-refractivity contribution in [3.63, 3.8) is 0 Å². The van der Waals surface area contributed by atoms with Gasteiger partial charge in [0.2, 0.25) is 6.79 Å². The topological polar surface area (TPSA) is 53.7 Å². The van der Waals surface area contributed by atoms with Gasteiger partial charge in [-0.1, -0.05) is 33.6 Å². The fourth-order valence-corrected chi connectivity index (χ4v) is 2.78. The molecule has 0 aromatic heterocycles. The predicted molar refractivity (Wildman–Crippen MR) is 83.9 cm³/mol. The van der Waals surface area contributed by atoms with Crippen LogP contribution in [0.3, 0.4) is 0 Å². The summed E-state index contributed by atoms with van der Waals surface area (Å²) in [6.07, 6.45) is 0. The second kappa shape index (κ2) is 6.13. The van der Waals surface area contributed by atoms with Crippen LogP contribution in [-0.2, 0) is 13.2 Å². The molecule has 0 saturated heterocycles. The molecule has 0 spiro atoms. The molecule has 0 saturated carbocycles. The van der Waals surface area contributed by atoms with Crippen LogP contribution < -0.4 is 19.9 Å². The second-order valence-corrected chi connectivity index (χ2v) is 5.86. The first-order valence-corrected chi connectivity index (χ1v) is 7.54. The Morgan fingerprint density at radius 2 is 1.90 bits per heavy atom. The van der Waals surface area contributed by atoms with Crippen molar-refractivity contribution in [1.82, 2.24) is 0 Å². The van der Waals surface area contributed by atoms with E-state index >= 15 is 0 Å². The Kier molecular flexibility index (Phi) is 4.24.